The van der Waals surface area contributed by atoms with Gasteiger partial charge in [-0.1, -0.05) is 0 Å². The summed E-state index contributed by atoms with van der Waals surface area (Å²) in [7, 11) is 0. The number of nitrogens with zero attached hydrogens (tertiary/aromatic N) is 1. The molecule has 1 heterocycles. The number of alkyl halides is 2. The predicted octanol–water partition coefficient (Wildman–Crippen LogP) is 1.59. The van der Waals surface area contributed by atoms with E-state index in [0.717, 1.165) is 4.90 Å². The summed E-state index contributed by atoms with van der Waals surface area (Å²) in [4.78, 5) is 12.7. The number of ether oxygens (including phenoxy) is 1. The molecule has 0 aromatic carbocycles. The fraction of sp³-hybridized carbons (Fsp3) is 0.900. The fourth-order valence-electron chi connectivity index (χ4n) is 1.64. The number of likely N-dealkylation sites (tertiary alicyclic amines) is 1. The highest BCUT2D eigenvalue weighted by atomic mass is 19.3. The van der Waals surface area contributed by atoms with Crippen molar-refractivity contribution in [1.82, 2.24) is 4.90 Å². The molecule has 0 aromatic rings. The van der Waals surface area contributed by atoms with Crippen LogP contribution in [0.25, 0.3) is 0 Å². The monoisotopic (exact) mass is 236 g/mol. The van der Waals surface area contributed by atoms with Crippen LogP contribution in [-0.4, -0.2) is 41.6 Å². The Morgan fingerprint density at radius 3 is 2.56 bits per heavy atom. The largest absolute Gasteiger partial charge is 0.444 e. The van der Waals surface area contributed by atoms with Crippen molar-refractivity contribution >= 4 is 6.09 Å². The minimum Gasteiger partial charge on any atom is -0.444 e. The Bertz CT molecular complexity index is 276. The smallest absolute Gasteiger partial charge is 0.410 e. The van der Waals surface area contributed by atoms with Crippen molar-refractivity contribution in [3.8, 4) is 0 Å². The third kappa shape index (κ3) is 3.30. The van der Waals surface area contributed by atoms with Crippen molar-refractivity contribution in [1.29, 1.82) is 0 Å². The molecule has 16 heavy (non-hydrogen) atoms. The van der Waals surface area contributed by atoms with Gasteiger partial charge in [-0.15, -0.1) is 0 Å². The van der Waals surface area contributed by atoms with Crippen molar-refractivity contribution < 1.29 is 18.3 Å². The quantitative estimate of drug-likeness (QED) is 0.752. The van der Waals surface area contributed by atoms with Crippen LogP contribution in [0.5, 0.6) is 0 Å². The number of carbonyl (C=O) groups is 1. The third-order valence-corrected chi connectivity index (χ3v) is 2.28. The lowest BCUT2D eigenvalue weighted by molar-refractivity contribution is -0.00236. The van der Waals surface area contributed by atoms with Gasteiger partial charge in [0, 0.05) is 13.0 Å². The molecule has 1 rings (SSSR count). The van der Waals surface area contributed by atoms with Gasteiger partial charge in [0.2, 0.25) is 0 Å². The molecule has 94 valence electrons. The molecule has 4 nitrogen and oxygen atoms in total. The number of nitrogens with two attached hydrogens (primary N) is 1. The van der Waals surface area contributed by atoms with Gasteiger partial charge in [-0.25, -0.2) is 13.6 Å². The van der Waals surface area contributed by atoms with E-state index in [1.807, 2.05) is 0 Å². The number of halogens is 2. The highest BCUT2D eigenvalue weighted by Crippen LogP contribution is 2.32. The molecule has 0 bridgehead atoms. The molecule has 1 saturated heterocycles. The van der Waals surface area contributed by atoms with E-state index in [1.165, 1.54) is 0 Å². The standard InChI is InChI=1S/C10H18F2N2O2/c1-9(2,3)16-8(15)14-6-10(11,12)4-7(14)5-13/h7H,4-6,13H2,1-3H3/t7-/m0/s1. The highest BCUT2D eigenvalue weighted by molar-refractivity contribution is 5.69. The fourth-order valence-corrected chi connectivity index (χ4v) is 1.64. The van der Waals surface area contributed by atoms with Crippen LogP contribution in [0.15, 0.2) is 0 Å². The molecule has 0 saturated carbocycles. The van der Waals surface area contributed by atoms with Crippen LogP contribution in [0.3, 0.4) is 0 Å². The number of amides is 1. The SMILES string of the molecule is CC(C)(C)OC(=O)N1CC(F)(F)C[C@H]1CN. The van der Waals surface area contributed by atoms with E-state index in [-0.39, 0.29) is 13.0 Å². The lowest BCUT2D eigenvalue weighted by atomic mass is 10.2. The van der Waals surface area contributed by atoms with E-state index < -0.39 is 30.2 Å². The van der Waals surface area contributed by atoms with Gasteiger partial charge in [0.05, 0.1) is 12.6 Å². The van der Waals surface area contributed by atoms with E-state index >= 15 is 0 Å². The Labute approximate surface area is 93.7 Å². The van der Waals surface area contributed by atoms with Gasteiger partial charge in [0.1, 0.15) is 5.60 Å². The molecule has 0 radical (unpaired) electrons. The molecule has 1 fully saturated rings. The van der Waals surface area contributed by atoms with Crippen molar-refractivity contribution in [2.24, 2.45) is 5.73 Å². The van der Waals surface area contributed by atoms with Crippen LogP contribution in [0.2, 0.25) is 0 Å². The first kappa shape index (κ1) is 13.2. The van der Waals surface area contributed by atoms with Crippen molar-refractivity contribution in [2.45, 2.75) is 44.8 Å². The first-order valence-electron chi connectivity index (χ1n) is 5.22. The molecule has 1 amide bonds. The lowest BCUT2D eigenvalue weighted by Gasteiger charge is -2.27. The second-order valence-electron chi connectivity index (χ2n) is 5.06. The van der Waals surface area contributed by atoms with Crippen LogP contribution in [0.4, 0.5) is 13.6 Å². The summed E-state index contributed by atoms with van der Waals surface area (Å²) in [5.74, 6) is -2.86. The molecule has 0 aromatic heterocycles. The average molecular weight is 236 g/mol. The molecular formula is C10H18F2N2O2. The third-order valence-electron chi connectivity index (χ3n) is 2.28. The number of carbonyl (C=O) groups excluding carboxylic acids is 1. The van der Waals surface area contributed by atoms with Crippen LogP contribution in [-0.2, 0) is 4.74 Å². The van der Waals surface area contributed by atoms with E-state index in [0.29, 0.717) is 0 Å². The average Bonchev–Trinajstić information content (AvgIpc) is 2.38. The summed E-state index contributed by atoms with van der Waals surface area (Å²) in [6, 6.07) is -0.634. The summed E-state index contributed by atoms with van der Waals surface area (Å²) >= 11 is 0. The second-order valence-corrected chi connectivity index (χ2v) is 5.06. The minimum atomic E-state index is -2.86. The maximum atomic E-state index is 13.1. The van der Waals surface area contributed by atoms with E-state index in [1.54, 1.807) is 20.8 Å². The second kappa shape index (κ2) is 4.16. The molecule has 0 unspecified atom stereocenters. The summed E-state index contributed by atoms with van der Waals surface area (Å²) in [5, 5.41) is 0. The van der Waals surface area contributed by atoms with E-state index in [2.05, 4.69) is 0 Å². The Hall–Kier alpha value is -0.910. The first-order valence-corrected chi connectivity index (χ1v) is 5.22. The van der Waals surface area contributed by atoms with Crippen molar-refractivity contribution in [3.05, 3.63) is 0 Å². The van der Waals surface area contributed by atoms with Gasteiger partial charge in [-0.3, -0.25) is 4.90 Å². The maximum Gasteiger partial charge on any atom is 0.410 e. The number of rotatable bonds is 1. The zero-order chi connectivity index (χ0) is 12.6. The summed E-state index contributed by atoms with van der Waals surface area (Å²) < 4.78 is 31.3. The molecular weight excluding hydrogens is 218 g/mol. The Morgan fingerprint density at radius 1 is 1.56 bits per heavy atom. The Balaban J connectivity index is 2.69. The van der Waals surface area contributed by atoms with Gasteiger partial charge >= 0.3 is 6.09 Å². The number of hydrogen-bond donors (Lipinski definition) is 1. The molecule has 1 atom stereocenters. The van der Waals surface area contributed by atoms with Gasteiger partial charge in [0.25, 0.3) is 5.92 Å². The Morgan fingerprint density at radius 2 is 2.12 bits per heavy atom. The topological polar surface area (TPSA) is 55.6 Å². The lowest BCUT2D eigenvalue weighted by Crippen LogP contribution is -2.43. The van der Waals surface area contributed by atoms with Crippen LogP contribution in [0.1, 0.15) is 27.2 Å². The summed E-state index contributed by atoms with van der Waals surface area (Å²) in [5.41, 5.74) is 4.68. The van der Waals surface area contributed by atoms with Crippen molar-refractivity contribution in [3.63, 3.8) is 0 Å². The molecule has 2 N–H and O–H groups in total. The van der Waals surface area contributed by atoms with E-state index in [9.17, 15) is 13.6 Å². The minimum absolute atomic E-state index is 0.0227. The molecule has 0 aliphatic carbocycles. The molecule has 1 aliphatic rings. The van der Waals surface area contributed by atoms with Crippen LogP contribution >= 0.6 is 0 Å². The zero-order valence-corrected chi connectivity index (χ0v) is 9.80. The van der Waals surface area contributed by atoms with Gasteiger partial charge < -0.3 is 10.5 Å². The summed E-state index contributed by atoms with van der Waals surface area (Å²) in [6.07, 6.45) is -1.11. The first-order chi connectivity index (χ1) is 7.14. The normalized spacial score (nSPS) is 24.6. The Kier molecular flexibility index (Phi) is 3.42. The maximum absolute atomic E-state index is 13.1. The number of hydrogen-bond acceptors (Lipinski definition) is 3. The van der Waals surface area contributed by atoms with Crippen LogP contribution < -0.4 is 5.73 Å². The van der Waals surface area contributed by atoms with Gasteiger partial charge in [0.15, 0.2) is 0 Å². The van der Waals surface area contributed by atoms with Crippen molar-refractivity contribution in [2.75, 3.05) is 13.1 Å². The van der Waals surface area contributed by atoms with E-state index in [4.69, 9.17) is 10.5 Å². The van der Waals surface area contributed by atoms with Gasteiger partial charge in [-0.05, 0) is 20.8 Å². The molecule has 0 spiro atoms. The predicted molar refractivity (Wildman–Crippen MR) is 55.3 cm³/mol. The highest BCUT2D eigenvalue weighted by Gasteiger charge is 2.47. The van der Waals surface area contributed by atoms with Crippen LogP contribution in [0, 0.1) is 0 Å². The zero-order valence-electron chi connectivity index (χ0n) is 9.80. The molecule has 1 aliphatic heterocycles. The summed E-state index contributed by atoms with van der Waals surface area (Å²) in [6.45, 7) is 4.49. The molecule has 6 heteroatoms. The van der Waals surface area contributed by atoms with Gasteiger partial charge in [-0.2, -0.15) is 0 Å².